The van der Waals surface area contributed by atoms with E-state index in [1.54, 1.807) is 30.5 Å². The molecule has 9 heteroatoms. The second kappa shape index (κ2) is 12.6. The van der Waals surface area contributed by atoms with Crippen LogP contribution < -0.4 is 11.1 Å². The summed E-state index contributed by atoms with van der Waals surface area (Å²) in [4.78, 5) is 21.2. The van der Waals surface area contributed by atoms with Gasteiger partial charge in [0.2, 0.25) is 0 Å². The lowest BCUT2D eigenvalue weighted by atomic mass is 9.96. The number of carbonyl (C=O) groups is 1. The van der Waals surface area contributed by atoms with Crippen molar-refractivity contribution in [2.45, 2.75) is 51.9 Å². The van der Waals surface area contributed by atoms with E-state index in [-0.39, 0.29) is 30.6 Å². The number of nitrogens with zero attached hydrogens (tertiary/aromatic N) is 2. The molecule has 3 N–H and O–H groups in total. The summed E-state index contributed by atoms with van der Waals surface area (Å²) in [6.45, 7) is 5.71. The van der Waals surface area contributed by atoms with Gasteiger partial charge >= 0.3 is 6.18 Å². The summed E-state index contributed by atoms with van der Waals surface area (Å²) in [7, 11) is 0. The molecule has 1 aliphatic heterocycles. The van der Waals surface area contributed by atoms with Gasteiger partial charge in [-0.3, -0.25) is 9.78 Å². The summed E-state index contributed by atoms with van der Waals surface area (Å²) in [5, 5.41) is 2.82. The first-order valence-corrected chi connectivity index (χ1v) is 12.0. The van der Waals surface area contributed by atoms with E-state index in [0.717, 1.165) is 36.2 Å². The van der Waals surface area contributed by atoms with Gasteiger partial charge in [-0.05, 0) is 47.2 Å². The van der Waals surface area contributed by atoms with Crippen molar-refractivity contribution in [2.75, 3.05) is 13.2 Å². The fraction of sp³-hybridized carbons (Fsp3) is 0.370. The number of benzene rings is 2. The minimum atomic E-state index is -4.43. The average Bonchev–Trinajstić information content (AvgIpc) is 2.93. The summed E-state index contributed by atoms with van der Waals surface area (Å²) in [5.74, 6) is -0.107. The molecule has 1 aromatic heterocycles. The van der Waals surface area contributed by atoms with Crippen LogP contribution in [-0.2, 0) is 24.0 Å². The van der Waals surface area contributed by atoms with E-state index in [1.165, 1.54) is 12.3 Å². The molecule has 1 saturated heterocycles. The highest BCUT2D eigenvalue weighted by Gasteiger charge is 2.31. The molecule has 0 bridgehead atoms. The molecule has 2 heterocycles. The average molecular weight is 501 g/mol. The van der Waals surface area contributed by atoms with Gasteiger partial charge < -0.3 is 15.8 Å². The van der Waals surface area contributed by atoms with Crippen LogP contribution in [0.2, 0.25) is 0 Å². The van der Waals surface area contributed by atoms with Crippen molar-refractivity contribution in [3.63, 3.8) is 0 Å². The molecule has 1 aliphatic rings. The second-order valence-electron chi connectivity index (χ2n) is 8.17. The highest BCUT2D eigenvalue weighted by atomic mass is 19.4. The van der Waals surface area contributed by atoms with Gasteiger partial charge in [0.1, 0.15) is 5.69 Å². The van der Waals surface area contributed by atoms with Crippen LogP contribution in [0.4, 0.5) is 13.2 Å². The summed E-state index contributed by atoms with van der Waals surface area (Å²) in [6.07, 6.45) is 0.392. The standard InChI is InChI=1S/C25H25F3N4O2.C2H6/c26-25(27,28)20-6-5-19(12-29)21(11-20)17-3-1-16(2-4-17)13-31-24(33)23-15-30-14-22(32-23)18-7-9-34-10-8-18;1-2/h1-6,11,14-15,18H,7-10,12-13,29H2,(H,31,33);1-2H3. The van der Waals surface area contributed by atoms with Crippen LogP contribution >= 0.6 is 0 Å². The van der Waals surface area contributed by atoms with E-state index >= 15 is 0 Å². The zero-order valence-corrected chi connectivity index (χ0v) is 20.4. The van der Waals surface area contributed by atoms with E-state index < -0.39 is 11.7 Å². The van der Waals surface area contributed by atoms with Crippen molar-refractivity contribution in [1.82, 2.24) is 15.3 Å². The fourth-order valence-corrected chi connectivity index (χ4v) is 3.96. The van der Waals surface area contributed by atoms with Crippen LogP contribution in [0.15, 0.2) is 54.9 Å². The number of hydrogen-bond donors (Lipinski definition) is 2. The molecule has 1 amide bonds. The van der Waals surface area contributed by atoms with Gasteiger partial charge in [0.25, 0.3) is 5.91 Å². The maximum atomic E-state index is 13.1. The summed E-state index contributed by atoms with van der Waals surface area (Å²) in [5.41, 5.74) is 8.52. The van der Waals surface area contributed by atoms with Crippen molar-refractivity contribution < 1.29 is 22.7 Å². The van der Waals surface area contributed by atoms with Gasteiger partial charge in [0, 0.05) is 38.4 Å². The Kier molecular flexibility index (Phi) is 9.55. The molecule has 0 saturated carbocycles. The number of hydrogen-bond acceptors (Lipinski definition) is 5. The number of amides is 1. The highest BCUT2D eigenvalue weighted by Crippen LogP contribution is 2.34. The van der Waals surface area contributed by atoms with Gasteiger partial charge in [-0.2, -0.15) is 13.2 Å². The molecular formula is C27H31F3N4O2. The Labute approximate surface area is 209 Å². The van der Waals surface area contributed by atoms with Crippen molar-refractivity contribution >= 4 is 5.91 Å². The van der Waals surface area contributed by atoms with Crippen LogP contribution in [0, 0.1) is 0 Å². The third kappa shape index (κ3) is 6.89. The van der Waals surface area contributed by atoms with E-state index in [9.17, 15) is 18.0 Å². The Bertz CT molecular complexity index is 1140. The van der Waals surface area contributed by atoms with E-state index in [1.807, 2.05) is 13.8 Å². The van der Waals surface area contributed by atoms with Gasteiger partial charge in [-0.15, -0.1) is 0 Å². The first-order valence-electron chi connectivity index (χ1n) is 12.0. The number of ether oxygens (including phenoxy) is 1. The van der Waals surface area contributed by atoms with E-state index in [2.05, 4.69) is 15.3 Å². The molecule has 1 fully saturated rings. The molecule has 192 valence electrons. The number of nitrogens with one attached hydrogen (secondary N) is 1. The van der Waals surface area contributed by atoms with E-state index in [4.69, 9.17) is 10.5 Å². The summed E-state index contributed by atoms with van der Waals surface area (Å²) < 4.78 is 44.8. The Morgan fingerprint density at radius 2 is 1.78 bits per heavy atom. The topological polar surface area (TPSA) is 90.1 Å². The number of alkyl halides is 3. The van der Waals surface area contributed by atoms with Crippen LogP contribution in [-0.4, -0.2) is 29.1 Å². The Morgan fingerprint density at radius 3 is 2.42 bits per heavy atom. The Balaban J connectivity index is 0.00000176. The number of nitrogens with two attached hydrogens (primary N) is 1. The quantitative estimate of drug-likeness (QED) is 0.468. The maximum Gasteiger partial charge on any atom is 0.416 e. The van der Waals surface area contributed by atoms with Gasteiger partial charge in [0.05, 0.1) is 17.5 Å². The van der Waals surface area contributed by atoms with Crippen LogP contribution in [0.1, 0.15) is 65.5 Å². The number of halogens is 3. The number of carbonyl (C=O) groups excluding carboxylic acids is 1. The molecule has 0 radical (unpaired) electrons. The highest BCUT2D eigenvalue weighted by molar-refractivity contribution is 5.91. The Morgan fingerprint density at radius 1 is 1.08 bits per heavy atom. The first-order chi connectivity index (χ1) is 17.3. The zero-order valence-electron chi connectivity index (χ0n) is 20.4. The fourth-order valence-electron chi connectivity index (χ4n) is 3.96. The van der Waals surface area contributed by atoms with Gasteiger partial charge in [-0.25, -0.2) is 4.98 Å². The lowest BCUT2D eigenvalue weighted by Gasteiger charge is -2.21. The molecular weight excluding hydrogens is 469 g/mol. The van der Waals surface area contributed by atoms with Gasteiger partial charge in [-0.1, -0.05) is 44.2 Å². The third-order valence-electron chi connectivity index (χ3n) is 5.90. The SMILES string of the molecule is CC.NCc1ccc(C(F)(F)F)cc1-c1ccc(CNC(=O)c2cncc(C3CCOCC3)n2)cc1. The summed E-state index contributed by atoms with van der Waals surface area (Å²) >= 11 is 0. The number of rotatable bonds is 6. The third-order valence-corrected chi connectivity index (χ3v) is 5.90. The Hall–Kier alpha value is -3.30. The lowest BCUT2D eigenvalue weighted by molar-refractivity contribution is -0.137. The molecule has 4 rings (SSSR count). The van der Waals surface area contributed by atoms with Crippen molar-refractivity contribution in [3.05, 3.63) is 82.9 Å². The largest absolute Gasteiger partial charge is 0.416 e. The monoisotopic (exact) mass is 500 g/mol. The minimum Gasteiger partial charge on any atom is -0.381 e. The smallest absolute Gasteiger partial charge is 0.381 e. The van der Waals surface area contributed by atoms with Crippen LogP contribution in [0.25, 0.3) is 11.1 Å². The van der Waals surface area contributed by atoms with E-state index in [0.29, 0.717) is 29.9 Å². The number of aromatic nitrogens is 2. The van der Waals surface area contributed by atoms with Crippen molar-refractivity contribution in [1.29, 1.82) is 0 Å². The molecule has 0 spiro atoms. The first kappa shape index (κ1) is 27.3. The lowest BCUT2D eigenvalue weighted by Crippen LogP contribution is -2.25. The maximum absolute atomic E-state index is 13.1. The molecule has 36 heavy (non-hydrogen) atoms. The van der Waals surface area contributed by atoms with Gasteiger partial charge in [0.15, 0.2) is 0 Å². The van der Waals surface area contributed by atoms with Crippen molar-refractivity contribution in [2.24, 2.45) is 5.73 Å². The normalized spacial score (nSPS) is 14.1. The molecule has 6 nitrogen and oxygen atoms in total. The van der Waals surface area contributed by atoms with Crippen LogP contribution in [0.5, 0.6) is 0 Å². The predicted molar refractivity (Wildman–Crippen MR) is 132 cm³/mol. The predicted octanol–water partition coefficient (Wildman–Crippen LogP) is 5.47. The molecule has 3 aromatic rings. The molecule has 0 atom stereocenters. The molecule has 0 unspecified atom stereocenters. The zero-order chi connectivity index (χ0) is 26.1. The van der Waals surface area contributed by atoms with Crippen molar-refractivity contribution in [3.8, 4) is 11.1 Å². The second-order valence-corrected chi connectivity index (χ2v) is 8.17. The molecule has 2 aromatic carbocycles. The summed E-state index contributed by atoms with van der Waals surface area (Å²) in [6, 6.07) is 10.5. The minimum absolute atomic E-state index is 0.124. The van der Waals surface area contributed by atoms with Crippen LogP contribution in [0.3, 0.4) is 0 Å². The molecule has 0 aliphatic carbocycles.